The molecule has 3 heterocycles. The van der Waals surface area contributed by atoms with Crippen LogP contribution < -0.4 is 0 Å². The van der Waals surface area contributed by atoms with E-state index in [1.165, 1.54) is 41.1 Å². The summed E-state index contributed by atoms with van der Waals surface area (Å²) in [4.78, 5) is 0. The van der Waals surface area contributed by atoms with E-state index in [-0.39, 0.29) is 0 Å². The molecule has 0 fully saturated rings. The van der Waals surface area contributed by atoms with Crippen molar-refractivity contribution in [2.45, 2.75) is 40.5 Å². The molecule has 0 atom stereocenters. The fourth-order valence-electron chi connectivity index (χ4n) is 5.04. The molecular weight excluding hydrogens is 653 g/mol. The Bertz CT molecular complexity index is 1040. The average Bonchev–Trinajstić information content (AvgIpc) is 3.08. The van der Waals surface area contributed by atoms with Crippen molar-refractivity contribution in [3.05, 3.63) is 35.4 Å². The molecule has 0 N–H and O–H groups in total. The van der Waals surface area contributed by atoms with Crippen LogP contribution in [-0.4, -0.2) is 99.1 Å². The van der Waals surface area contributed by atoms with Crippen molar-refractivity contribution in [1.29, 1.82) is 0 Å². The van der Waals surface area contributed by atoms with Crippen LogP contribution in [-0.2, 0) is 9.31 Å². The van der Waals surface area contributed by atoms with E-state index in [4.69, 9.17) is 9.31 Å². The minimum Gasteiger partial charge on any atom is -0.483 e. The molecule has 0 aliphatic carbocycles. The maximum atomic E-state index is 6.97. The van der Waals surface area contributed by atoms with E-state index in [1.54, 1.807) is 0 Å². The summed E-state index contributed by atoms with van der Waals surface area (Å²) in [7, 11) is 13.4. The fraction of sp³-hybridized carbons (Fsp3) is 0.640. The van der Waals surface area contributed by atoms with Crippen molar-refractivity contribution < 1.29 is 22.8 Å². The third-order valence-corrected chi connectivity index (χ3v) is 10.0. The third-order valence-electron chi connectivity index (χ3n) is 6.85. The van der Waals surface area contributed by atoms with E-state index in [9.17, 15) is 0 Å². The Hall–Kier alpha value is -0.205. The molecule has 9 heteroatoms. The van der Waals surface area contributed by atoms with Crippen LogP contribution in [0.4, 0.5) is 0 Å². The molecule has 0 bridgehead atoms. The first-order valence-electron chi connectivity index (χ1n) is 12.2. The Morgan fingerprint density at radius 1 is 0.882 bits per heavy atom. The van der Waals surface area contributed by atoms with E-state index in [0.717, 1.165) is 34.9 Å². The number of hydrogen-bond acceptors (Lipinski definition) is 2. The summed E-state index contributed by atoms with van der Waals surface area (Å²) in [5, 5.41) is 0. The highest BCUT2D eigenvalue weighted by molar-refractivity contribution is 14.1. The van der Waals surface area contributed by atoms with Gasteiger partial charge in [0.05, 0.1) is 59.0 Å². The van der Waals surface area contributed by atoms with Crippen molar-refractivity contribution in [3.8, 4) is 0 Å². The topological polar surface area (TPSA) is 26.4 Å². The van der Waals surface area contributed by atoms with Gasteiger partial charge in [-0.25, -0.2) is 0 Å². The minimum atomic E-state index is -1.93. The van der Waals surface area contributed by atoms with Gasteiger partial charge in [0.15, 0.2) is 5.70 Å². The van der Waals surface area contributed by atoms with Crippen LogP contribution in [0.2, 0.25) is 0 Å². The van der Waals surface area contributed by atoms with Crippen LogP contribution in [0.5, 0.6) is 0 Å². The zero-order valence-electron chi connectivity index (χ0n) is 22.8. The number of fused-ring (bicyclic) bond motifs is 2. The van der Waals surface area contributed by atoms with Crippen LogP contribution in [0.15, 0.2) is 14.8 Å². The normalized spacial score (nSPS) is 17.9. The summed E-state index contributed by atoms with van der Waals surface area (Å²) in [6, 6.07) is 0. The van der Waals surface area contributed by atoms with Crippen LogP contribution >= 0.6 is 45.2 Å². The molecule has 0 saturated heterocycles. The molecule has 34 heavy (non-hydrogen) atoms. The lowest BCUT2D eigenvalue weighted by Gasteiger charge is -2.42. The molecule has 0 aromatic carbocycles. The predicted octanol–water partition coefficient (Wildman–Crippen LogP) is 4.77. The van der Waals surface area contributed by atoms with Gasteiger partial charge in [0.1, 0.15) is 5.71 Å². The Kier molecular flexibility index (Phi) is 8.58. The van der Waals surface area contributed by atoms with Gasteiger partial charge in [0, 0.05) is 53.9 Å². The molecule has 190 valence electrons. The fourth-order valence-corrected chi connectivity index (χ4v) is 6.11. The predicted molar refractivity (Wildman–Crippen MR) is 160 cm³/mol. The van der Waals surface area contributed by atoms with Gasteiger partial charge in [0.25, 0.3) is 0 Å². The summed E-state index contributed by atoms with van der Waals surface area (Å²) in [6.45, 7) is 10.3. The zero-order valence-corrected chi connectivity index (χ0v) is 27.1. The standard InChI is InChI=1S/C25H43BI2N4O2/c1-18-22-17-23-19(2)25(28)21(4)30(23)26(29(22)20(3)24(18)27,33-15-11-13-31(5,6)7)34-16-12-14-32(8,9)10/h17H,11-16H2,1-10H3/q+2. The smallest absolute Gasteiger partial charge is 0.483 e. The number of allylic oxidation sites excluding steroid dienone is 2. The maximum absolute atomic E-state index is 6.97. The van der Waals surface area contributed by atoms with Crippen molar-refractivity contribution in [3.63, 3.8) is 0 Å². The summed E-state index contributed by atoms with van der Waals surface area (Å²) < 4.78 is 23.1. The highest BCUT2D eigenvalue weighted by Gasteiger charge is 2.56. The van der Waals surface area contributed by atoms with E-state index in [0.29, 0.717) is 13.2 Å². The number of hydrogen-bond donors (Lipinski definition) is 0. The monoisotopic (exact) mass is 696 g/mol. The van der Waals surface area contributed by atoms with Gasteiger partial charge in [0.2, 0.25) is 0 Å². The molecule has 1 aromatic rings. The first kappa shape index (κ1) is 28.4. The van der Waals surface area contributed by atoms with Gasteiger partial charge >= 0.3 is 6.82 Å². The molecule has 2 aliphatic rings. The number of rotatable bonds is 10. The molecule has 1 aromatic heterocycles. The van der Waals surface area contributed by atoms with Gasteiger partial charge < -0.3 is 27.2 Å². The van der Waals surface area contributed by atoms with Crippen molar-refractivity contribution in [2.75, 3.05) is 68.6 Å². The van der Waals surface area contributed by atoms with Crippen molar-refractivity contribution >= 4 is 63.8 Å². The maximum Gasteiger partial charge on any atom is 0.666 e. The summed E-state index contributed by atoms with van der Waals surface area (Å²) in [5.41, 5.74) is 7.46. The first-order valence-corrected chi connectivity index (χ1v) is 14.4. The third kappa shape index (κ3) is 5.54. The van der Waals surface area contributed by atoms with Crippen LogP contribution in [0, 0.1) is 17.4 Å². The molecule has 0 unspecified atom stereocenters. The SMILES string of the molecule is CC1=C(I)C(C)=[N+]2C1=Cc1c(C)c(I)c(C)n1[B-]2(OCCC[N+](C)(C)C)OCCC[N+](C)(C)C. The quantitative estimate of drug-likeness (QED) is 0.153. The average molecular weight is 696 g/mol. The first-order chi connectivity index (χ1) is 15.6. The second-order valence-electron chi connectivity index (χ2n) is 11.8. The lowest BCUT2D eigenvalue weighted by molar-refractivity contribution is -0.870. The molecule has 6 nitrogen and oxygen atoms in total. The summed E-state index contributed by atoms with van der Waals surface area (Å²) in [6.07, 6.45) is 4.30. The highest BCUT2D eigenvalue weighted by Crippen LogP contribution is 2.41. The van der Waals surface area contributed by atoms with Crippen LogP contribution in [0.25, 0.3) is 6.08 Å². The van der Waals surface area contributed by atoms with Crippen molar-refractivity contribution in [1.82, 2.24) is 4.48 Å². The highest BCUT2D eigenvalue weighted by atomic mass is 127. The van der Waals surface area contributed by atoms with E-state index < -0.39 is 6.82 Å². The van der Waals surface area contributed by atoms with Gasteiger partial charge in [-0.05, 0) is 77.2 Å². The molecule has 0 saturated carbocycles. The molecule has 0 spiro atoms. The zero-order chi connectivity index (χ0) is 25.6. The Morgan fingerprint density at radius 3 is 1.85 bits per heavy atom. The number of quaternary nitrogens is 2. The van der Waals surface area contributed by atoms with Gasteiger partial charge in [-0.15, -0.1) is 0 Å². The molecule has 0 radical (unpaired) electrons. The van der Waals surface area contributed by atoms with Gasteiger partial charge in [-0.2, -0.15) is 0 Å². The molecular formula is C25H43BI2N4O2+2. The lowest BCUT2D eigenvalue weighted by Crippen LogP contribution is -2.63. The van der Waals surface area contributed by atoms with E-state index in [1.807, 2.05) is 0 Å². The van der Waals surface area contributed by atoms with E-state index >= 15 is 0 Å². The minimum absolute atomic E-state index is 0.657. The lowest BCUT2D eigenvalue weighted by atomic mass is 9.81. The molecule has 3 rings (SSSR count). The van der Waals surface area contributed by atoms with Gasteiger partial charge in [-0.1, -0.05) is 0 Å². The Balaban J connectivity index is 2.11. The summed E-state index contributed by atoms with van der Waals surface area (Å²) >= 11 is 4.96. The van der Waals surface area contributed by atoms with Crippen LogP contribution in [0.1, 0.15) is 43.6 Å². The largest absolute Gasteiger partial charge is 0.666 e. The summed E-state index contributed by atoms with van der Waals surface area (Å²) in [5.74, 6) is 0. The van der Waals surface area contributed by atoms with Crippen LogP contribution in [0.3, 0.4) is 0 Å². The second-order valence-corrected chi connectivity index (χ2v) is 14.0. The Labute approximate surface area is 234 Å². The second kappa shape index (κ2) is 10.3. The Morgan fingerprint density at radius 2 is 1.38 bits per heavy atom. The number of nitrogens with zero attached hydrogens (tertiary/aromatic N) is 4. The number of halogens is 2. The van der Waals surface area contributed by atoms with E-state index in [2.05, 4.69) is 130 Å². The molecule has 2 aliphatic heterocycles. The number of aromatic nitrogens is 1. The molecule has 0 amide bonds. The van der Waals surface area contributed by atoms with Gasteiger partial charge in [-0.3, -0.25) is 0 Å². The van der Waals surface area contributed by atoms with Crippen molar-refractivity contribution in [2.24, 2.45) is 0 Å².